The molecule has 0 aliphatic rings. The predicted octanol–water partition coefficient (Wildman–Crippen LogP) is 3.19. The number of fused-ring (bicyclic) bond motifs is 1. The van der Waals surface area contributed by atoms with Gasteiger partial charge in [-0.05, 0) is 32.4 Å². The molecule has 1 amide bonds. The Kier molecular flexibility index (Phi) is 4.00. The van der Waals surface area contributed by atoms with Crippen molar-refractivity contribution >= 4 is 27.9 Å². The van der Waals surface area contributed by atoms with Gasteiger partial charge in [-0.1, -0.05) is 24.6 Å². The predicted molar refractivity (Wildman–Crippen MR) is 92.6 cm³/mol. The summed E-state index contributed by atoms with van der Waals surface area (Å²) in [4.78, 5) is 30.2. The van der Waals surface area contributed by atoms with E-state index in [0.29, 0.717) is 16.2 Å². The molecule has 2 heterocycles. The Morgan fingerprint density at radius 3 is 2.61 bits per heavy atom. The van der Waals surface area contributed by atoms with E-state index < -0.39 is 0 Å². The Labute approximate surface area is 137 Å². The van der Waals surface area contributed by atoms with Gasteiger partial charge in [-0.3, -0.25) is 14.0 Å². The number of aryl methyl sites for hydroxylation is 3. The molecule has 0 aliphatic carbocycles. The van der Waals surface area contributed by atoms with Crippen molar-refractivity contribution in [2.45, 2.75) is 27.2 Å². The zero-order chi connectivity index (χ0) is 16.6. The minimum absolute atomic E-state index is 0.230. The van der Waals surface area contributed by atoms with Crippen LogP contribution in [-0.4, -0.2) is 15.3 Å². The number of hydrogen-bond donors (Lipinski definition) is 1. The number of carbonyl (C=O) groups excluding carboxylic acids is 1. The topological polar surface area (TPSA) is 63.5 Å². The fraction of sp³-hybridized carbons (Fsp3) is 0.235. The van der Waals surface area contributed by atoms with E-state index in [9.17, 15) is 9.59 Å². The van der Waals surface area contributed by atoms with Crippen LogP contribution in [0.4, 0.5) is 5.69 Å². The highest BCUT2D eigenvalue weighted by atomic mass is 32.1. The molecule has 118 valence electrons. The third-order valence-corrected chi connectivity index (χ3v) is 4.61. The standard InChI is InChI=1S/C17H17N3O2S/c1-4-13-9-23-17-18-11(3)14(16(22)20(13)17)19-15(21)12-7-5-10(2)6-8-12/h5-9H,4H2,1-3H3,(H,19,21). The van der Waals surface area contributed by atoms with Crippen molar-refractivity contribution in [3.8, 4) is 0 Å². The molecular weight excluding hydrogens is 310 g/mol. The highest BCUT2D eigenvalue weighted by Gasteiger charge is 2.16. The number of aromatic nitrogens is 2. The monoisotopic (exact) mass is 327 g/mol. The first kappa shape index (κ1) is 15.4. The summed E-state index contributed by atoms with van der Waals surface area (Å²) in [5.41, 5.74) is 3.02. The van der Waals surface area contributed by atoms with Gasteiger partial charge >= 0.3 is 0 Å². The zero-order valence-electron chi connectivity index (χ0n) is 13.2. The van der Waals surface area contributed by atoms with Crippen LogP contribution in [0.1, 0.15) is 34.2 Å². The fourth-order valence-electron chi connectivity index (χ4n) is 2.38. The summed E-state index contributed by atoms with van der Waals surface area (Å²) in [7, 11) is 0. The van der Waals surface area contributed by atoms with Crippen LogP contribution in [0, 0.1) is 13.8 Å². The summed E-state index contributed by atoms with van der Waals surface area (Å²) in [6.45, 7) is 5.68. The lowest BCUT2D eigenvalue weighted by molar-refractivity contribution is 0.102. The van der Waals surface area contributed by atoms with Crippen molar-refractivity contribution < 1.29 is 4.79 Å². The maximum atomic E-state index is 12.7. The first-order chi connectivity index (χ1) is 11.0. The van der Waals surface area contributed by atoms with E-state index >= 15 is 0 Å². The molecule has 23 heavy (non-hydrogen) atoms. The maximum absolute atomic E-state index is 12.7. The molecule has 0 saturated heterocycles. The van der Waals surface area contributed by atoms with Crippen LogP contribution in [0.5, 0.6) is 0 Å². The lowest BCUT2D eigenvalue weighted by Crippen LogP contribution is -2.25. The van der Waals surface area contributed by atoms with E-state index in [4.69, 9.17) is 0 Å². The average molecular weight is 327 g/mol. The molecule has 1 N–H and O–H groups in total. The minimum Gasteiger partial charge on any atom is -0.316 e. The fourth-order valence-corrected chi connectivity index (χ4v) is 3.39. The lowest BCUT2D eigenvalue weighted by atomic mass is 10.1. The zero-order valence-corrected chi connectivity index (χ0v) is 14.0. The highest BCUT2D eigenvalue weighted by Crippen LogP contribution is 2.17. The third kappa shape index (κ3) is 2.77. The minimum atomic E-state index is -0.305. The van der Waals surface area contributed by atoms with E-state index in [1.807, 2.05) is 31.4 Å². The number of rotatable bonds is 3. The van der Waals surface area contributed by atoms with Crippen molar-refractivity contribution in [2.75, 3.05) is 5.32 Å². The Hall–Kier alpha value is -2.47. The van der Waals surface area contributed by atoms with Gasteiger partial charge in [-0.15, -0.1) is 11.3 Å². The SMILES string of the molecule is CCc1csc2nc(C)c(NC(=O)c3ccc(C)cc3)c(=O)n12. The molecule has 0 radical (unpaired) electrons. The summed E-state index contributed by atoms with van der Waals surface area (Å²) in [6.07, 6.45) is 0.732. The molecule has 0 saturated carbocycles. The van der Waals surface area contributed by atoms with E-state index in [1.165, 1.54) is 11.3 Å². The van der Waals surface area contributed by atoms with Gasteiger partial charge in [-0.2, -0.15) is 0 Å². The number of anilines is 1. The summed E-state index contributed by atoms with van der Waals surface area (Å²) in [6, 6.07) is 7.21. The van der Waals surface area contributed by atoms with E-state index in [1.54, 1.807) is 23.5 Å². The maximum Gasteiger partial charge on any atom is 0.282 e. The number of thiazole rings is 1. The van der Waals surface area contributed by atoms with Crippen LogP contribution in [-0.2, 0) is 6.42 Å². The van der Waals surface area contributed by atoms with Gasteiger partial charge < -0.3 is 5.32 Å². The van der Waals surface area contributed by atoms with Crippen LogP contribution in [0.3, 0.4) is 0 Å². The number of nitrogens with zero attached hydrogens (tertiary/aromatic N) is 2. The molecular formula is C17H17N3O2S. The summed E-state index contributed by atoms with van der Waals surface area (Å²) < 4.78 is 1.57. The number of hydrogen-bond acceptors (Lipinski definition) is 4. The Balaban J connectivity index is 2.04. The molecule has 6 heteroatoms. The molecule has 3 rings (SSSR count). The second-order valence-corrected chi connectivity index (χ2v) is 6.23. The first-order valence-electron chi connectivity index (χ1n) is 7.39. The second kappa shape index (κ2) is 5.96. The van der Waals surface area contributed by atoms with Crippen LogP contribution in [0.15, 0.2) is 34.4 Å². The quantitative estimate of drug-likeness (QED) is 0.803. The van der Waals surface area contributed by atoms with Gasteiger partial charge in [0.15, 0.2) is 4.96 Å². The Bertz CT molecular complexity index is 939. The molecule has 5 nitrogen and oxygen atoms in total. The molecule has 1 aromatic carbocycles. The second-order valence-electron chi connectivity index (χ2n) is 5.40. The third-order valence-electron chi connectivity index (χ3n) is 3.74. The Morgan fingerprint density at radius 1 is 1.26 bits per heavy atom. The highest BCUT2D eigenvalue weighted by molar-refractivity contribution is 7.15. The Morgan fingerprint density at radius 2 is 1.96 bits per heavy atom. The van der Waals surface area contributed by atoms with Crippen molar-refractivity contribution in [2.24, 2.45) is 0 Å². The van der Waals surface area contributed by atoms with Crippen molar-refractivity contribution in [1.29, 1.82) is 0 Å². The normalized spacial score (nSPS) is 10.9. The van der Waals surface area contributed by atoms with Crippen molar-refractivity contribution in [1.82, 2.24) is 9.38 Å². The molecule has 0 spiro atoms. The van der Waals surface area contributed by atoms with Crippen LogP contribution in [0.2, 0.25) is 0 Å². The lowest BCUT2D eigenvalue weighted by Gasteiger charge is -2.09. The first-order valence-corrected chi connectivity index (χ1v) is 8.27. The molecule has 3 aromatic rings. The van der Waals surface area contributed by atoms with Gasteiger partial charge in [0.2, 0.25) is 0 Å². The number of amides is 1. The molecule has 0 fully saturated rings. The molecule has 0 atom stereocenters. The molecule has 0 bridgehead atoms. The summed E-state index contributed by atoms with van der Waals surface area (Å²) >= 11 is 1.43. The smallest absolute Gasteiger partial charge is 0.282 e. The van der Waals surface area contributed by atoms with Crippen LogP contribution in [0.25, 0.3) is 4.96 Å². The molecule has 0 unspecified atom stereocenters. The van der Waals surface area contributed by atoms with Gasteiger partial charge in [0.25, 0.3) is 11.5 Å². The van der Waals surface area contributed by atoms with Crippen molar-refractivity contribution in [3.63, 3.8) is 0 Å². The van der Waals surface area contributed by atoms with Gasteiger partial charge in [-0.25, -0.2) is 4.98 Å². The van der Waals surface area contributed by atoms with Crippen LogP contribution >= 0.6 is 11.3 Å². The number of benzene rings is 1. The van der Waals surface area contributed by atoms with E-state index in [-0.39, 0.29) is 17.2 Å². The summed E-state index contributed by atoms with van der Waals surface area (Å²) in [5.74, 6) is -0.305. The number of nitrogens with one attached hydrogen (secondary N) is 1. The van der Waals surface area contributed by atoms with Gasteiger partial charge in [0.05, 0.1) is 5.69 Å². The van der Waals surface area contributed by atoms with E-state index in [0.717, 1.165) is 17.7 Å². The number of carbonyl (C=O) groups is 1. The average Bonchev–Trinajstić information content (AvgIpc) is 2.94. The molecule has 2 aromatic heterocycles. The van der Waals surface area contributed by atoms with Gasteiger partial charge in [0.1, 0.15) is 5.69 Å². The van der Waals surface area contributed by atoms with E-state index in [2.05, 4.69) is 10.3 Å². The van der Waals surface area contributed by atoms with Gasteiger partial charge in [0, 0.05) is 16.6 Å². The summed E-state index contributed by atoms with van der Waals surface area (Å²) in [5, 5.41) is 4.64. The van der Waals surface area contributed by atoms with Crippen molar-refractivity contribution in [3.05, 3.63) is 62.5 Å². The molecule has 0 aliphatic heterocycles. The van der Waals surface area contributed by atoms with Crippen LogP contribution < -0.4 is 10.9 Å². The largest absolute Gasteiger partial charge is 0.316 e.